The molecule has 0 aliphatic heterocycles. The average molecular weight is 191 g/mol. The molecule has 0 aromatic carbocycles. The van der Waals surface area contributed by atoms with E-state index in [9.17, 15) is 9.90 Å². The van der Waals surface area contributed by atoms with E-state index in [2.05, 4.69) is 5.32 Å². The molecule has 0 heterocycles. The van der Waals surface area contributed by atoms with E-state index in [0.29, 0.717) is 0 Å². The van der Waals surface area contributed by atoms with E-state index in [1.54, 1.807) is 13.8 Å². The molecule has 0 saturated carbocycles. The number of carbonyl (C=O) groups is 1. The van der Waals surface area contributed by atoms with Gasteiger partial charge in [0.05, 0.1) is 12.7 Å². The van der Waals surface area contributed by atoms with Crippen molar-refractivity contribution < 1.29 is 20.1 Å². The number of hydrogen-bond acceptors (Lipinski definition) is 4. The molecule has 0 rings (SSSR count). The zero-order valence-electron chi connectivity index (χ0n) is 7.90. The summed E-state index contributed by atoms with van der Waals surface area (Å²) in [6.07, 6.45) is -2.03. The smallest absolute Gasteiger partial charge is 0.249 e. The Morgan fingerprint density at radius 2 is 1.92 bits per heavy atom. The standard InChI is InChI=1S/C8H17NO4/c1-5(2)7(12)8(13)9-3-6(11)4-10/h5-7,10-12H,3-4H2,1-2H3,(H,9,13)/t6-,7-/m0/s1. The number of aliphatic hydroxyl groups excluding tert-OH is 3. The van der Waals surface area contributed by atoms with Gasteiger partial charge in [0.25, 0.3) is 0 Å². The van der Waals surface area contributed by atoms with Crippen LogP contribution < -0.4 is 5.32 Å². The lowest BCUT2D eigenvalue weighted by atomic mass is 10.1. The van der Waals surface area contributed by atoms with Gasteiger partial charge in [0.1, 0.15) is 6.10 Å². The first kappa shape index (κ1) is 12.3. The molecule has 78 valence electrons. The molecule has 0 radical (unpaired) electrons. The number of hydrogen-bond donors (Lipinski definition) is 4. The summed E-state index contributed by atoms with van der Waals surface area (Å²) < 4.78 is 0. The normalized spacial score (nSPS) is 15.5. The van der Waals surface area contributed by atoms with Gasteiger partial charge in [-0.1, -0.05) is 13.8 Å². The highest BCUT2D eigenvalue weighted by atomic mass is 16.3. The van der Waals surface area contributed by atoms with E-state index in [1.807, 2.05) is 0 Å². The van der Waals surface area contributed by atoms with Crippen LogP contribution in [0.4, 0.5) is 0 Å². The van der Waals surface area contributed by atoms with Crippen LogP contribution in [0.5, 0.6) is 0 Å². The van der Waals surface area contributed by atoms with Crippen molar-refractivity contribution in [2.45, 2.75) is 26.1 Å². The molecule has 13 heavy (non-hydrogen) atoms. The minimum absolute atomic E-state index is 0.0425. The Morgan fingerprint density at radius 1 is 1.38 bits per heavy atom. The third-order valence-electron chi connectivity index (χ3n) is 1.62. The van der Waals surface area contributed by atoms with Gasteiger partial charge >= 0.3 is 0 Å². The Balaban J connectivity index is 3.74. The fourth-order valence-electron chi connectivity index (χ4n) is 0.690. The van der Waals surface area contributed by atoms with Crippen LogP contribution >= 0.6 is 0 Å². The predicted octanol–water partition coefficient (Wildman–Crippen LogP) is -1.53. The maximum Gasteiger partial charge on any atom is 0.249 e. The summed E-state index contributed by atoms with van der Waals surface area (Å²) in [7, 11) is 0. The predicted molar refractivity (Wildman–Crippen MR) is 46.9 cm³/mol. The third-order valence-corrected chi connectivity index (χ3v) is 1.62. The topological polar surface area (TPSA) is 89.8 Å². The molecule has 5 heteroatoms. The van der Waals surface area contributed by atoms with Gasteiger partial charge in [-0.05, 0) is 5.92 Å². The molecule has 0 unspecified atom stereocenters. The summed E-state index contributed by atoms with van der Waals surface area (Å²) in [4.78, 5) is 11.1. The van der Waals surface area contributed by atoms with Crippen LogP contribution in [0, 0.1) is 5.92 Å². The molecule has 2 atom stereocenters. The van der Waals surface area contributed by atoms with Crippen LogP contribution in [0.1, 0.15) is 13.8 Å². The second-order valence-corrected chi connectivity index (χ2v) is 3.27. The van der Waals surface area contributed by atoms with Gasteiger partial charge in [-0.3, -0.25) is 4.79 Å². The Labute approximate surface area is 77.4 Å². The van der Waals surface area contributed by atoms with Crippen molar-refractivity contribution in [2.24, 2.45) is 5.92 Å². The number of amides is 1. The van der Waals surface area contributed by atoms with Gasteiger partial charge in [0, 0.05) is 6.54 Å². The molecule has 0 fully saturated rings. The summed E-state index contributed by atoms with van der Waals surface area (Å²) in [5, 5.41) is 28.9. The number of carbonyl (C=O) groups excluding carboxylic acids is 1. The van der Waals surface area contributed by atoms with E-state index in [-0.39, 0.29) is 12.5 Å². The average Bonchev–Trinajstić information content (AvgIpc) is 2.11. The Kier molecular flexibility index (Phi) is 5.61. The molecule has 5 nitrogen and oxygen atoms in total. The van der Waals surface area contributed by atoms with Crippen LogP contribution in [-0.4, -0.2) is 46.6 Å². The zero-order chi connectivity index (χ0) is 10.4. The first-order valence-corrected chi connectivity index (χ1v) is 4.23. The fourth-order valence-corrected chi connectivity index (χ4v) is 0.690. The van der Waals surface area contributed by atoms with Crippen molar-refractivity contribution in [3.8, 4) is 0 Å². The van der Waals surface area contributed by atoms with Gasteiger partial charge in [0.15, 0.2) is 0 Å². The van der Waals surface area contributed by atoms with Crippen molar-refractivity contribution >= 4 is 5.91 Å². The maximum atomic E-state index is 11.1. The summed E-state index contributed by atoms with van der Waals surface area (Å²) >= 11 is 0. The first-order chi connectivity index (χ1) is 5.99. The second kappa shape index (κ2) is 5.90. The molecular weight excluding hydrogens is 174 g/mol. The van der Waals surface area contributed by atoms with Crippen molar-refractivity contribution in [2.75, 3.05) is 13.2 Å². The second-order valence-electron chi connectivity index (χ2n) is 3.27. The van der Waals surface area contributed by atoms with E-state index < -0.39 is 24.7 Å². The SMILES string of the molecule is CC(C)[C@H](O)C(=O)NC[C@H](O)CO. The van der Waals surface area contributed by atoms with Gasteiger partial charge in [-0.15, -0.1) is 0 Å². The minimum Gasteiger partial charge on any atom is -0.394 e. The molecule has 0 aromatic rings. The lowest BCUT2D eigenvalue weighted by molar-refractivity contribution is -0.131. The fraction of sp³-hybridized carbons (Fsp3) is 0.875. The third kappa shape index (κ3) is 4.82. The molecule has 0 saturated heterocycles. The van der Waals surface area contributed by atoms with Crippen molar-refractivity contribution in [1.29, 1.82) is 0 Å². The Bertz CT molecular complexity index is 160. The summed E-state index contributed by atoms with van der Waals surface area (Å²) in [6.45, 7) is 2.98. The highest BCUT2D eigenvalue weighted by molar-refractivity contribution is 5.80. The van der Waals surface area contributed by atoms with E-state index in [1.165, 1.54) is 0 Å². The molecule has 0 aliphatic carbocycles. The largest absolute Gasteiger partial charge is 0.394 e. The quantitative estimate of drug-likeness (QED) is 0.424. The molecule has 0 bridgehead atoms. The number of nitrogens with one attached hydrogen (secondary N) is 1. The zero-order valence-corrected chi connectivity index (χ0v) is 7.90. The van der Waals surface area contributed by atoms with Crippen LogP contribution in [0.2, 0.25) is 0 Å². The molecule has 0 aromatic heterocycles. The highest BCUT2D eigenvalue weighted by Gasteiger charge is 2.18. The minimum atomic E-state index is -1.06. The molecule has 0 aliphatic rings. The van der Waals surface area contributed by atoms with Crippen LogP contribution in [0.25, 0.3) is 0 Å². The molecule has 4 N–H and O–H groups in total. The Hall–Kier alpha value is -0.650. The van der Waals surface area contributed by atoms with Gasteiger partial charge < -0.3 is 20.6 Å². The number of rotatable bonds is 5. The lowest BCUT2D eigenvalue weighted by Gasteiger charge is -2.15. The van der Waals surface area contributed by atoms with Crippen LogP contribution in [0.3, 0.4) is 0 Å². The number of aliphatic hydroxyl groups is 3. The molecule has 1 amide bonds. The molecule has 0 spiro atoms. The molecular formula is C8H17NO4. The van der Waals surface area contributed by atoms with Gasteiger partial charge in [-0.25, -0.2) is 0 Å². The van der Waals surface area contributed by atoms with Crippen molar-refractivity contribution in [3.63, 3.8) is 0 Å². The monoisotopic (exact) mass is 191 g/mol. The van der Waals surface area contributed by atoms with Crippen LogP contribution in [0.15, 0.2) is 0 Å². The lowest BCUT2D eigenvalue weighted by Crippen LogP contribution is -2.42. The maximum absolute atomic E-state index is 11.1. The van der Waals surface area contributed by atoms with Gasteiger partial charge in [0.2, 0.25) is 5.91 Å². The summed E-state index contributed by atoms with van der Waals surface area (Å²) in [6, 6.07) is 0. The summed E-state index contributed by atoms with van der Waals surface area (Å²) in [5.41, 5.74) is 0. The van der Waals surface area contributed by atoms with Crippen molar-refractivity contribution in [3.05, 3.63) is 0 Å². The highest BCUT2D eigenvalue weighted by Crippen LogP contribution is 2.00. The van der Waals surface area contributed by atoms with Gasteiger partial charge in [-0.2, -0.15) is 0 Å². The van der Waals surface area contributed by atoms with E-state index >= 15 is 0 Å². The van der Waals surface area contributed by atoms with Crippen LogP contribution in [-0.2, 0) is 4.79 Å². The van der Waals surface area contributed by atoms with E-state index in [0.717, 1.165) is 0 Å². The Morgan fingerprint density at radius 3 is 2.31 bits per heavy atom. The summed E-state index contributed by atoms with van der Waals surface area (Å²) in [5.74, 6) is -0.686. The first-order valence-electron chi connectivity index (χ1n) is 4.23. The van der Waals surface area contributed by atoms with E-state index in [4.69, 9.17) is 10.2 Å². The van der Waals surface area contributed by atoms with Crippen molar-refractivity contribution in [1.82, 2.24) is 5.32 Å².